The van der Waals surface area contributed by atoms with E-state index in [1.54, 1.807) is 47.6 Å². The van der Waals surface area contributed by atoms with E-state index in [4.69, 9.17) is 37.9 Å². The number of benzene rings is 1. The van der Waals surface area contributed by atoms with E-state index in [-0.39, 0.29) is 94.1 Å². The molecule has 22 heteroatoms. The van der Waals surface area contributed by atoms with Crippen LogP contribution in [0.2, 0.25) is 0 Å². The molecule has 0 spiro atoms. The van der Waals surface area contributed by atoms with Crippen molar-refractivity contribution in [3.63, 3.8) is 0 Å². The van der Waals surface area contributed by atoms with E-state index in [0.717, 1.165) is 16.7 Å². The van der Waals surface area contributed by atoms with Crippen molar-refractivity contribution in [3.8, 4) is 0 Å². The van der Waals surface area contributed by atoms with Crippen LogP contribution in [0.5, 0.6) is 0 Å². The van der Waals surface area contributed by atoms with Gasteiger partial charge in [0.1, 0.15) is 29.2 Å². The molecule has 78 heavy (non-hydrogen) atoms. The van der Waals surface area contributed by atoms with Crippen molar-refractivity contribution in [2.24, 2.45) is 23.7 Å². The van der Waals surface area contributed by atoms with Crippen molar-refractivity contribution >= 4 is 46.4 Å². The van der Waals surface area contributed by atoms with Gasteiger partial charge in [0.25, 0.3) is 0 Å². The van der Waals surface area contributed by atoms with Gasteiger partial charge in [0.05, 0.1) is 54.0 Å². The summed E-state index contributed by atoms with van der Waals surface area (Å²) in [6, 6.07) is 3.18. The average molecular weight is 1350 g/mol. The maximum atomic E-state index is 14.6. The molecule has 1 radical (unpaired) electrons. The van der Waals surface area contributed by atoms with Gasteiger partial charge in [0.2, 0.25) is 0 Å². The zero-order valence-electron chi connectivity index (χ0n) is 48.4. The van der Waals surface area contributed by atoms with E-state index in [9.17, 15) is 44.4 Å². The Morgan fingerprint density at radius 3 is 2.17 bits per heavy atom. The normalized spacial score (nSPS) is 36.2. The van der Waals surface area contributed by atoms with Crippen LogP contribution >= 0.6 is 11.8 Å². The minimum atomic E-state index is -2.03. The summed E-state index contributed by atoms with van der Waals surface area (Å²) >= 11 is 1.46. The molecule has 5 rings (SSSR count). The van der Waals surface area contributed by atoms with Gasteiger partial charge >= 0.3 is 49.0 Å². The fourth-order valence-corrected chi connectivity index (χ4v) is 12.2. The predicted molar refractivity (Wildman–Crippen MR) is 289 cm³/mol. The number of Topliss-reactive ketones (excluding diaryl/α,β-unsaturated/α-hetero) is 1. The molecule has 18 atom stereocenters. The standard InChI is InChI=1S/C55H86N3O17S.CH3.U/c1-16-34-23-35(24-36-42(34)57-27-37(44(36)61)50(64)65)76-21-20-56-19-18-40(59)73-49-33(8)71-41(26-54(49,10)69-15)74-46-31(6)48(75-52-45(62)38(58(12)13)22-29(4)70-52)53(9,68-14)25-28(3)43(60)30(5)47(63)55(11,67)39(17-2)72-51(66)32(46)7;;/h23-24,27-33,38-39,41,45-49,52,56,62-63,67H,1,16-22,25-26H2,2-15H3,(H2,57,61,64,65);1H3;/q2*-1;+3/p-1/t28?,29-,30+,31?,32-,33+,38+,39?,41?,45?,46+,47?,48-,49?,52+,53-,54?,55?;;/m1../s1. The molecular weight excluding hydrogens is 1260 g/mol. The number of methoxy groups -OCH3 is 2. The number of ether oxygens (including phenoxy) is 8. The number of fused-ring (bicyclic) bond motifs is 1. The fraction of sp³-hybridized carbons (Fsp3) is 0.732. The molecule has 0 bridgehead atoms. The van der Waals surface area contributed by atoms with Crippen LogP contribution < -0.4 is 15.7 Å². The molecule has 9 unspecified atom stereocenters. The first-order valence-corrected chi connectivity index (χ1v) is 27.5. The molecule has 20 nitrogen and oxygen atoms in total. The molecule has 1 aromatic carbocycles. The number of aromatic nitrogens is 1. The van der Waals surface area contributed by atoms with Crippen LogP contribution in [-0.4, -0.2) is 180 Å². The van der Waals surface area contributed by atoms with Crippen molar-refractivity contribution in [1.82, 2.24) is 15.2 Å². The van der Waals surface area contributed by atoms with E-state index in [1.165, 1.54) is 39.8 Å². The number of hydrogen-bond donors (Lipinski definition) is 5. The topological polar surface area (TPSA) is 269 Å². The number of aromatic carboxylic acids is 1. The Balaban J connectivity index is 0.00000800. The number of carbonyl (C=O) groups excluding carboxylic acids is 3. The van der Waals surface area contributed by atoms with Gasteiger partial charge in [-0.2, -0.15) is 12.6 Å². The summed E-state index contributed by atoms with van der Waals surface area (Å²) in [6.07, 6.45) is -8.23. The third-order valence-electron chi connectivity index (χ3n) is 16.0. The number of nitrogens with one attached hydrogen (secondary N) is 1. The quantitative estimate of drug-likeness (QED) is 0.0583. The molecule has 1 aromatic heterocycles. The monoisotopic (exact) mass is 1340 g/mol. The Kier molecular flexibility index (Phi) is 26.5. The van der Waals surface area contributed by atoms with E-state index in [2.05, 4.69) is 17.2 Å². The van der Waals surface area contributed by atoms with Crippen LogP contribution in [0.1, 0.15) is 117 Å². The van der Waals surface area contributed by atoms with Gasteiger partial charge in [-0.05, 0) is 87.0 Å². The van der Waals surface area contributed by atoms with Gasteiger partial charge < -0.3 is 87.9 Å². The second-order valence-corrected chi connectivity index (χ2v) is 23.1. The molecule has 0 aliphatic carbocycles. The number of hydrogen-bond acceptors (Lipinski definition) is 19. The van der Waals surface area contributed by atoms with Crippen LogP contribution in [0, 0.1) is 69.1 Å². The number of nitrogens with zero attached hydrogens (tertiary/aromatic N) is 2. The van der Waals surface area contributed by atoms with Crippen molar-refractivity contribution in [3.05, 3.63) is 54.0 Å². The number of likely N-dealkylation sites (N-methyl/N-ethyl adjacent to an activating group) is 1. The number of cyclic esters (lactones) is 1. The summed E-state index contributed by atoms with van der Waals surface area (Å²) in [5, 5.41) is 48.2. The molecule has 2 aromatic rings. The number of aliphatic hydroxyl groups excluding tert-OH is 2. The summed E-state index contributed by atoms with van der Waals surface area (Å²) in [4.78, 5) is 73.6. The van der Waals surface area contributed by atoms with Crippen LogP contribution in [-0.2, 0) is 58.7 Å². The molecule has 5 N–H and O–H groups in total. The van der Waals surface area contributed by atoms with Crippen molar-refractivity contribution in [1.29, 1.82) is 0 Å². The number of carboxylic acid groups (broad SMARTS) is 1. The largest absolute Gasteiger partial charge is 3.00 e. The summed E-state index contributed by atoms with van der Waals surface area (Å²) in [6.45, 7) is 21.6. The zero-order chi connectivity index (χ0) is 56.8. The van der Waals surface area contributed by atoms with Crippen molar-refractivity contribution in [2.75, 3.05) is 47.2 Å². The second kappa shape index (κ2) is 29.6. The van der Waals surface area contributed by atoms with Crippen LogP contribution in [0.25, 0.3) is 10.9 Å². The summed E-state index contributed by atoms with van der Waals surface area (Å²) < 4.78 is 51.2. The fourth-order valence-electron chi connectivity index (χ4n) is 11.3. The van der Waals surface area contributed by atoms with Crippen molar-refractivity contribution < 1.29 is 109 Å². The van der Waals surface area contributed by atoms with Gasteiger partial charge in [0.15, 0.2) is 24.1 Å². The second-order valence-electron chi connectivity index (χ2n) is 22.0. The number of esters is 2. The van der Waals surface area contributed by atoms with Crippen LogP contribution in [0.4, 0.5) is 0 Å². The molecular formula is C56H88N3O17SU. The van der Waals surface area contributed by atoms with Gasteiger partial charge in [-0.25, -0.2) is 4.79 Å². The third kappa shape index (κ3) is 16.0. The smallest absolute Gasteiger partial charge is 0.663 e. The zero-order valence-corrected chi connectivity index (χ0v) is 53.3. The Morgan fingerprint density at radius 2 is 1.58 bits per heavy atom. The summed E-state index contributed by atoms with van der Waals surface area (Å²) in [5.41, 5.74) is -4.39. The molecule has 0 saturated carbocycles. The molecule has 4 heterocycles. The predicted octanol–water partition coefficient (Wildman–Crippen LogP) is 4.76. The Labute approximate surface area is 489 Å². The maximum Gasteiger partial charge on any atom is 3.00 e. The SMILES string of the molecule is [CH2-]Cc1cc(SCCNCCC(=O)OC2[C@H](C)OC(O[C@H]3C(C)[C@@H](O[C@@H]4O[C@H](C)C[C@H](N(C)C)C4O)[C@](C)(OC)CC(C)C(=O)[C@H](C)C(O)C(C)(O)C(CC)OC(=O)[C@@H]3C)CC2(C)OC)cc2c(=O)c(C(=O)O)c[n-]c12.[CH3-].[U+3]. The molecule has 3 saturated heterocycles. The Morgan fingerprint density at radius 1 is 0.936 bits per heavy atom. The molecule has 0 amide bonds. The first-order chi connectivity index (χ1) is 35.6. The molecule has 3 aliphatic rings. The molecule has 3 fully saturated rings. The average Bonchev–Trinajstić information content (AvgIpc) is 3.37. The Bertz CT molecular complexity index is 2380. The minimum Gasteiger partial charge on any atom is -0.663 e. The number of rotatable bonds is 18. The van der Waals surface area contributed by atoms with Crippen molar-refractivity contribution in [2.45, 2.75) is 197 Å². The van der Waals surface area contributed by atoms with E-state index < -0.39 is 125 Å². The first kappa shape index (κ1) is 69.7. The van der Waals surface area contributed by atoms with Crippen LogP contribution in [0.15, 0.2) is 28.0 Å². The molecule has 3 aliphatic heterocycles. The third-order valence-corrected chi connectivity index (χ3v) is 17.0. The van der Waals surface area contributed by atoms with Crippen LogP contribution in [0.3, 0.4) is 0 Å². The van der Waals surface area contributed by atoms with E-state index >= 15 is 0 Å². The van der Waals surface area contributed by atoms with Gasteiger partial charge in [0, 0.05) is 73.6 Å². The first-order valence-electron chi connectivity index (χ1n) is 26.5. The summed E-state index contributed by atoms with van der Waals surface area (Å²) in [7, 11) is 6.71. The number of carboxylic acids is 1. The number of thioether (sulfide) groups is 1. The maximum absolute atomic E-state index is 14.6. The number of carbonyl (C=O) groups is 4. The number of ketones is 1. The van der Waals surface area contributed by atoms with E-state index in [1.807, 2.05) is 38.9 Å². The molecule has 439 valence electrons. The van der Waals surface area contributed by atoms with Gasteiger partial charge in [-0.1, -0.05) is 33.3 Å². The Hall–Kier alpha value is -2.53. The number of pyridine rings is 1. The van der Waals surface area contributed by atoms with Gasteiger partial charge in [-0.15, -0.1) is 17.3 Å². The van der Waals surface area contributed by atoms with E-state index in [0.29, 0.717) is 30.7 Å². The summed E-state index contributed by atoms with van der Waals surface area (Å²) in [5.74, 6) is -6.15. The minimum absolute atomic E-state index is 0. The number of aliphatic hydroxyl groups is 3. The van der Waals surface area contributed by atoms with Gasteiger partial charge in [-0.3, -0.25) is 19.2 Å².